The molecule has 3 aliphatic heterocycles. The molecule has 3 fully saturated rings. The first-order valence-corrected chi connectivity index (χ1v) is 8.65. The maximum absolute atomic E-state index is 11.1. The van der Waals surface area contributed by atoms with Crippen LogP contribution in [-0.2, 0) is 0 Å². The fourth-order valence-corrected chi connectivity index (χ4v) is 4.53. The Balaban J connectivity index is 1.70. The predicted molar refractivity (Wildman–Crippen MR) is 93.5 cm³/mol. The second kappa shape index (κ2) is 5.90. The first-order valence-electron chi connectivity index (χ1n) is 8.27. The molecule has 0 radical (unpaired) electrons. The second-order valence-corrected chi connectivity index (χ2v) is 7.13. The molecular weight excluding hydrogens is 308 g/mol. The van der Waals surface area contributed by atoms with Gasteiger partial charge in [0.1, 0.15) is 5.15 Å². The minimum atomic E-state index is -0.533. The molecule has 1 N–H and O–H groups in total. The van der Waals surface area contributed by atoms with Crippen LogP contribution in [0.4, 0.5) is 0 Å². The summed E-state index contributed by atoms with van der Waals surface area (Å²) in [4.78, 5) is 6.78. The van der Waals surface area contributed by atoms with Crippen LogP contribution in [-0.4, -0.2) is 34.1 Å². The molecule has 2 bridgehead atoms. The molecule has 3 aliphatic rings. The van der Waals surface area contributed by atoms with Gasteiger partial charge in [0.25, 0.3) is 0 Å². The number of pyridine rings is 1. The molecule has 23 heavy (non-hydrogen) atoms. The largest absolute Gasteiger partial charge is 0.387 e. The molecule has 5 atom stereocenters. The average molecular weight is 329 g/mol. The smallest absolute Gasteiger partial charge is 0.130 e. The summed E-state index contributed by atoms with van der Waals surface area (Å²) in [6.07, 6.45) is 3.77. The number of rotatable bonds is 3. The number of para-hydroxylation sites is 1. The van der Waals surface area contributed by atoms with E-state index in [1.807, 2.05) is 30.3 Å². The van der Waals surface area contributed by atoms with Crippen LogP contribution in [0.25, 0.3) is 10.9 Å². The maximum atomic E-state index is 11.1. The number of aliphatic hydroxyl groups is 1. The van der Waals surface area contributed by atoms with Gasteiger partial charge >= 0.3 is 0 Å². The highest BCUT2D eigenvalue weighted by Crippen LogP contribution is 2.42. The van der Waals surface area contributed by atoms with Gasteiger partial charge in [0.05, 0.1) is 11.6 Å². The van der Waals surface area contributed by atoms with Crippen LogP contribution in [0.3, 0.4) is 0 Å². The fraction of sp³-hybridized carbons (Fsp3) is 0.421. The molecule has 1 unspecified atom stereocenters. The highest BCUT2D eigenvalue weighted by Gasteiger charge is 2.42. The van der Waals surface area contributed by atoms with Crippen LogP contribution in [0, 0.1) is 11.8 Å². The summed E-state index contributed by atoms with van der Waals surface area (Å²) >= 11 is 6.18. The molecule has 0 saturated carbocycles. The van der Waals surface area contributed by atoms with Crippen molar-refractivity contribution >= 4 is 22.5 Å². The molecule has 5 rings (SSSR count). The highest BCUT2D eigenvalue weighted by atomic mass is 35.5. The first kappa shape index (κ1) is 15.1. The normalized spacial score (nSPS) is 31.2. The summed E-state index contributed by atoms with van der Waals surface area (Å²) in [5.74, 6) is 1.20. The van der Waals surface area contributed by atoms with Gasteiger partial charge < -0.3 is 5.11 Å². The van der Waals surface area contributed by atoms with Gasteiger partial charge in [-0.3, -0.25) is 4.90 Å². The molecule has 120 valence electrons. The third-order valence-electron chi connectivity index (χ3n) is 5.55. The molecule has 4 heterocycles. The van der Waals surface area contributed by atoms with E-state index in [9.17, 15) is 5.11 Å². The number of hydrogen-bond donors (Lipinski definition) is 1. The molecule has 1 aromatic carbocycles. The van der Waals surface area contributed by atoms with Crippen molar-refractivity contribution < 1.29 is 5.11 Å². The van der Waals surface area contributed by atoms with Crippen molar-refractivity contribution in [1.82, 2.24) is 9.88 Å². The van der Waals surface area contributed by atoms with E-state index in [4.69, 9.17) is 11.6 Å². The van der Waals surface area contributed by atoms with Crippen molar-refractivity contribution in [2.45, 2.75) is 25.0 Å². The first-order chi connectivity index (χ1) is 11.2. The second-order valence-electron chi connectivity index (χ2n) is 6.74. The van der Waals surface area contributed by atoms with Crippen LogP contribution in [0.15, 0.2) is 43.0 Å². The summed E-state index contributed by atoms with van der Waals surface area (Å²) in [5.41, 5.74) is 1.74. The number of nitrogens with zero attached hydrogens (tertiary/aromatic N) is 2. The van der Waals surface area contributed by atoms with Crippen LogP contribution in [0.1, 0.15) is 24.5 Å². The van der Waals surface area contributed by atoms with Crippen molar-refractivity contribution in [2.75, 3.05) is 13.1 Å². The number of halogens is 1. The van der Waals surface area contributed by atoms with Gasteiger partial charge in [-0.15, -0.1) is 6.58 Å². The molecule has 1 aromatic heterocycles. The summed E-state index contributed by atoms with van der Waals surface area (Å²) in [6.45, 7) is 6.04. The SMILES string of the molecule is C=C[C@@H]1CN2CC[C@H]1C[C@H]2[C@H](O)c1cc(Cl)nc2ccccc12. The minimum Gasteiger partial charge on any atom is -0.387 e. The van der Waals surface area contributed by atoms with Crippen molar-refractivity contribution in [2.24, 2.45) is 11.8 Å². The summed E-state index contributed by atoms with van der Waals surface area (Å²) < 4.78 is 0. The zero-order valence-electron chi connectivity index (χ0n) is 13.0. The number of hydrogen-bond acceptors (Lipinski definition) is 3. The van der Waals surface area contributed by atoms with Gasteiger partial charge in [0.2, 0.25) is 0 Å². The molecule has 0 amide bonds. The van der Waals surface area contributed by atoms with Crippen molar-refractivity contribution in [3.63, 3.8) is 0 Å². The molecule has 2 aromatic rings. The lowest BCUT2D eigenvalue weighted by atomic mass is 9.73. The van der Waals surface area contributed by atoms with Gasteiger partial charge in [0, 0.05) is 18.0 Å². The molecule has 3 saturated heterocycles. The van der Waals surface area contributed by atoms with Crippen molar-refractivity contribution in [3.05, 3.63) is 53.7 Å². The lowest BCUT2D eigenvalue weighted by Gasteiger charge is -2.50. The number of aliphatic hydroxyl groups excluding tert-OH is 1. The van der Waals surface area contributed by atoms with Gasteiger partial charge in [-0.2, -0.15) is 0 Å². The van der Waals surface area contributed by atoms with Crippen molar-refractivity contribution in [1.29, 1.82) is 0 Å². The molecule has 0 aliphatic carbocycles. The van der Waals surface area contributed by atoms with Crippen LogP contribution in [0.5, 0.6) is 0 Å². The van der Waals surface area contributed by atoms with E-state index in [0.29, 0.717) is 17.0 Å². The van der Waals surface area contributed by atoms with E-state index in [0.717, 1.165) is 36.0 Å². The van der Waals surface area contributed by atoms with E-state index < -0.39 is 6.10 Å². The molecule has 3 nitrogen and oxygen atoms in total. The van der Waals surface area contributed by atoms with E-state index in [2.05, 4.69) is 22.5 Å². The number of aromatic nitrogens is 1. The zero-order chi connectivity index (χ0) is 16.0. The van der Waals surface area contributed by atoms with Gasteiger partial charge in [-0.1, -0.05) is 35.9 Å². The number of fused-ring (bicyclic) bond motifs is 4. The molecule has 4 heteroatoms. The van der Waals surface area contributed by atoms with E-state index in [1.165, 1.54) is 6.42 Å². The monoisotopic (exact) mass is 328 g/mol. The summed E-state index contributed by atoms with van der Waals surface area (Å²) in [7, 11) is 0. The predicted octanol–water partition coefficient (Wildman–Crippen LogP) is 3.82. The van der Waals surface area contributed by atoms with Crippen LogP contribution < -0.4 is 0 Å². The number of piperidine rings is 3. The van der Waals surface area contributed by atoms with E-state index in [1.54, 1.807) is 0 Å². The fourth-order valence-electron chi connectivity index (χ4n) is 4.33. The van der Waals surface area contributed by atoms with E-state index in [-0.39, 0.29) is 6.04 Å². The van der Waals surface area contributed by atoms with Crippen LogP contribution >= 0.6 is 11.6 Å². The molecular formula is C19H21ClN2O. The Labute approximate surface area is 141 Å². The third-order valence-corrected chi connectivity index (χ3v) is 5.75. The Morgan fingerprint density at radius 3 is 2.96 bits per heavy atom. The average Bonchev–Trinajstić information content (AvgIpc) is 2.60. The minimum absolute atomic E-state index is 0.159. The van der Waals surface area contributed by atoms with Crippen molar-refractivity contribution in [3.8, 4) is 0 Å². The van der Waals surface area contributed by atoms with Crippen LogP contribution in [0.2, 0.25) is 5.15 Å². The Morgan fingerprint density at radius 1 is 1.39 bits per heavy atom. The lowest BCUT2D eigenvalue weighted by molar-refractivity contribution is -0.0444. The van der Waals surface area contributed by atoms with E-state index >= 15 is 0 Å². The Hall–Kier alpha value is -1.42. The highest BCUT2D eigenvalue weighted by molar-refractivity contribution is 6.29. The van der Waals surface area contributed by atoms with Gasteiger partial charge in [-0.25, -0.2) is 4.98 Å². The lowest BCUT2D eigenvalue weighted by Crippen LogP contribution is -2.54. The Bertz CT molecular complexity index is 747. The topological polar surface area (TPSA) is 36.4 Å². The standard InChI is InChI=1S/C19H21ClN2O/c1-2-12-11-22-8-7-13(12)9-17(22)19(23)15-10-18(20)21-16-6-4-3-5-14(15)16/h2-6,10,12-13,17,19,23H,1,7-9,11H2/t12-,13+,17+,19-/m1/s1. The number of benzene rings is 1. The maximum Gasteiger partial charge on any atom is 0.130 e. The molecule has 0 spiro atoms. The summed E-state index contributed by atoms with van der Waals surface area (Å²) in [5, 5.41) is 12.5. The zero-order valence-corrected chi connectivity index (χ0v) is 13.8. The Morgan fingerprint density at radius 2 is 2.22 bits per heavy atom. The quantitative estimate of drug-likeness (QED) is 0.687. The third kappa shape index (κ3) is 2.57. The van der Waals surface area contributed by atoms with Gasteiger partial charge in [-0.05, 0) is 48.9 Å². The van der Waals surface area contributed by atoms with Gasteiger partial charge in [0.15, 0.2) is 0 Å². The summed E-state index contributed by atoms with van der Waals surface area (Å²) in [6, 6.07) is 9.87. The Kier molecular flexibility index (Phi) is 3.88.